The van der Waals surface area contributed by atoms with Gasteiger partial charge in [-0.15, -0.1) is 0 Å². The molecule has 2 atom stereocenters. The predicted octanol–water partition coefficient (Wildman–Crippen LogP) is 1.80. The fourth-order valence-corrected chi connectivity index (χ4v) is 2.34. The van der Waals surface area contributed by atoms with Crippen LogP contribution >= 0.6 is 0 Å². The molecule has 0 amide bonds. The van der Waals surface area contributed by atoms with Gasteiger partial charge in [0.25, 0.3) is 0 Å². The van der Waals surface area contributed by atoms with E-state index in [-0.39, 0.29) is 18.9 Å². The van der Waals surface area contributed by atoms with Crippen LogP contribution in [0.1, 0.15) is 25.6 Å². The summed E-state index contributed by atoms with van der Waals surface area (Å²) in [7, 11) is 1.66. The van der Waals surface area contributed by atoms with Crippen molar-refractivity contribution in [2.45, 2.75) is 32.2 Å². The van der Waals surface area contributed by atoms with Gasteiger partial charge < -0.3 is 14.6 Å². The average molecular weight is 251 g/mol. The van der Waals surface area contributed by atoms with E-state index in [4.69, 9.17) is 9.47 Å². The van der Waals surface area contributed by atoms with Crippen LogP contribution < -0.4 is 4.74 Å². The van der Waals surface area contributed by atoms with E-state index >= 15 is 0 Å². The second kappa shape index (κ2) is 5.69. The molecule has 0 radical (unpaired) electrons. The van der Waals surface area contributed by atoms with Gasteiger partial charge in [0.05, 0.1) is 19.8 Å². The van der Waals surface area contributed by atoms with Crippen LogP contribution in [0.4, 0.5) is 0 Å². The lowest BCUT2D eigenvalue weighted by molar-refractivity contribution is -0.0278. The Hall–Kier alpha value is -1.10. The Balaban J connectivity index is 2.29. The van der Waals surface area contributed by atoms with Crippen LogP contribution in [0.2, 0.25) is 0 Å². The highest BCUT2D eigenvalue weighted by molar-refractivity contribution is 5.35. The van der Waals surface area contributed by atoms with Crippen molar-refractivity contribution in [2.75, 3.05) is 20.3 Å². The van der Waals surface area contributed by atoms with Crippen LogP contribution in [-0.2, 0) is 4.74 Å². The van der Waals surface area contributed by atoms with E-state index in [9.17, 15) is 5.11 Å². The second-order valence-electron chi connectivity index (χ2n) is 4.83. The third-order valence-electron chi connectivity index (χ3n) is 3.31. The van der Waals surface area contributed by atoms with Crippen LogP contribution in [0.15, 0.2) is 24.3 Å². The first kappa shape index (κ1) is 13.3. The number of aliphatic hydroxyl groups excluding tert-OH is 1. The summed E-state index contributed by atoms with van der Waals surface area (Å²) in [6.45, 7) is 5.06. The third-order valence-corrected chi connectivity index (χ3v) is 3.31. The SMILES string of the molecule is COc1ccccc1C1OC(CO)CN1C(C)C. The zero-order valence-electron chi connectivity index (χ0n) is 11.2. The predicted molar refractivity (Wildman–Crippen MR) is 69.5 cm³/mol. The number of nitrogens with zero attached hydrogens (tertiary/aromatic N) is 1. The molecule has 100 valence electrons. The topological polar surface area (TPSA) is 41.9 Å². The van der Waals surface area contributed by atoms with Crippen LogP contribution in [0.5, 0.6) is 5.75 Å². The third kappa shape index (κ3) is 2.51. The molecule has 0 aliphatic carbocycles. The van der Waals surface area contributed by atoms with Crippen molar-refractivity contribution in [3.05, 3.63) is 29.8 Å². The maximum Gasteiger partial charge on any atom is 0.141 e. The van der Waals surface area contributed by atoms with Crippen LogP contribution in [0, 0.1) is 0 Å². The van der Waals surface area contributed by atoms with E-state index in [1.54, 1.807) is 7.11 Å². The Bertz CT molecular complexity index is 394. The minimum atomic E-state index is -0.140. The molecule has 1 aromatic rings. The summed E-state index contributed by atoms with van der Waals surface area (Å²) in [5.41, 5.74) is 1.02. The van der Waals surface area contributed by atoms with Crippen molar-refractivity contribution in [2.24, 2.45) is 0 Å². The number of aliphatic hydroxyl groups is 1. The summed E-state index contributed by atoms with van der Waals surface area (Å²) in [4.78, 5) is 2.23. The largest absolute Gasteiger partial charge is 0.496 e. The first-order chi connectivity index (χ1) is 8.67. The Kier molecular flexibility index (Phi) is 4.22. The number of rotatable bonds is 4. The Morgan fingerprint density at radius 2 is 2.17 bits per heavy atom. The fraction of sp³-hybridized carbons (Fsp3) is 0.571. The molecule has 2 unspecified atom stereocenters. The van der Waals surface area contributed by atoms with E-state index in [0.717, 1.165) is 17.9 Å². The first-order valence-corrected chi connectivity index (χ1v) is 6.32. The Morgan fingerprint density at radius 3 is 2.78 bits per heavy atom. The molecular weight excluding hydrogens is 230 g/mol. The van der Waals surface area contributed by atoms with E-state index in [1.807, 2.05) is 24.3 Å². The molecule has 0 saturated carbocycles. The maximum atomic E-state index is 9.27. The Morgan fingerprint density at radius 1 is 1.44 bits per heavy atom. The summed E-state index contributed by atoms with van der Waals surface area (Å²) in [5, 5.41) is 9.27. The van der Waals surface area contributed by atoms with E-state index in [1.165, 1.54) is 0 Å². The molecule has 1 aliphatic rings. The van der Waals surface area contributed by atoms with Gasteiger partial charge in [-0.1, -0.05) is 18.2 Å². The minimum Gasteiger partial charge on any atom is -0.496 e. The van der Waals surface area contributed by atoms with Crippen LogP contribution in [0.3, 0.4) is 0 Å². The molecular formula is C14H21NO3. The van der Waals surface area contributed by atoms with Crippen LogP contribution in [0.25, 0.3) is 0 Å². The molecule has 2 rings (SSSR count). The van der Waals surface area contributed by atoms with E-state index in [0.29, 0.717) is 6.04 Å². The molecule has 1 fully saturated rings. The lowest BCUT2D eigenvalue weighted by Gasteiger charge is -2.27. The number of ether oxygens (including phenoxy) is 2. The minimum absolute atomic E-state index is 0.0505. The molecule has 1 aromatic carbocycles. The van der Waals surface area contributed by atoms with Crippen molar-refractivity contribution in [3.8, 4) is 5.75 Å². The monoisotopic (exact) mass is 251 g/mol. The van der Waals surface area contributed by atoms with Gasteiger partial charge in [-0.05, 0) is 19.9 Å². The quantitative estimate of drug-likeness (QED) is 0.886. The lowest BCUT2D eigenvalue weighted by Crippen LogP contribution is -2.32. The summed E-state index contributed by atoms with van der Waals surface area (Å²) in [5.74, 6) is 0.826. The lowest BCUT2D eigenvalue weighted by atomic mass is 10.1. The summed E-state index contributed by atoms with van der Waals surface area (Å²) in [6, 6.07) is 8.23. The van der Waals surface area contributed by atoms with Gasteiger partial charge in [0.2, 0.25) is 0 Å². The van der Waals surface area contributed by atoms with Gasteiger partial charge in [0.15, 0.2) is 0 Å². The highest BCUT2D eigenvalue weighted by Crippen LogP contribution is 2.36. The summed E-state index contributed by atoms with van der Waals surface area (Å²) in [6.07, 6.45) is -0.263. The molecule has 4 heteroatoms. The van der Waals surface area contributed by atoms with Gasteiger partial charge in [-0.25, -0.2) is 0 Å². The Labute approximate surface area is 108 Å². The van der Waals surface area contributed by atoms with Crippen LogP contribution in [-0.4, -0.2) is 42.4 Å². The van der Waals surface area contributed by atoms with E-state index < -0.39 is 0 Å². The maximum absolute atomic E-state index is 9.27. The standard InChI is InChI=1S/C14H21NO3/c1-10(2)15-8-11(9-16)18-14(15)12-6-4-5-7-13(12)17-3/h4-7,10-11,14,16H,8-9H2,1-3H3. The van der Waals surface area contributed by atoms with E-state index in [2.05, 4.69) is 18.7 Å². The van der Waals surface area contributed by atoms with Crippen molar-refractivity contribution in [1.82, 2.24) is 4.90 Å². The summed E-state index contributed by atoms with van der Waals surface area (Å²) >= 11 is 0. The van der Waals surface area contributed by atoms with Crippen molar-refractivity contribution < 1.29 is 14.6 Å². The van der Waals surface area contributed by atoms with Gasteiger partial charge in [-0.3, -0.25) is 4.90 Å². The van der Waals surface area contributed by atoms with Crippen molar-refractivity contribution in [3.63, 3.8) is 0 Å². The molecule has 0 aromatic heterocycles. The number of methoxy groups -OCH3 is 1. The summed E-state index contributed by atoms with van der Waals surface area (Å²) < 4.78 is 11.3. The molecule has 18 heavy (non-hydrogen) atoms. The highest BCUT2D eigenvalue weighted by atomic mass is 16.5. The van der Waals surface area contributed by atoms with Gasteiger partial charge in [-0.2, -0.15) is 0 Å². The second-order valence-corrected chi connectivity index (χ2v) is 4.83. The normalized spacial score (nSPS) is 24.7. The fourth-order valence-electron chi connectivity index (χ4n) is 2.34. The van der Waals surface area contributed by atoms with Crippen molar-refractivity contribution in [1.29, 1.82) is 0 Å². The van der Waals surface area contributed by atoms with Crippen molar-refractivity contribution >= 4 is 0 Å². The highest BCUT2D eigenvalue weighted by Gasteiger charge is 2.36. The number of benzene rings is 1. The van der Waals surface area contributed by atoms with Gasteiger partial charge in [0.1, 0.15) is 12.0 Å². The molecule has 1 aliphatic heterocycles. The zero-order valence-corrected chi connectivity index (χ0v) is 11.2. The molecule has 1 heterocycles. The molecule has 4 nitrogen and oxygen atoms in total. The molecule has 1 saturated heterocycles. The van der Waals surface area contributed by atoms with Gasteiger partial charge >= 0.3 is 0 Å². The smallest absolute Gasteiger partial charge is 0.141 e. The first-order valence-electron chi connectivity index (χ1n) is 6.32. The number of hydrogen-bond donors (Lipinski definition) is 1. The number of para-hydroxylation sites is 1. The number of hydrogen-bond acceptors (Lipinski definition) is 4. The molecule has 0 bridgehead atoms. The van der Waals surface area contributed by atoms with Gasteiger partial charge in [0, 0.05) is 18.2 Å². The zero-order chi connectivity index (χ0) is 13.1. The molecule has 1 N–H and O–H groups in total. The molecule has 0 spiro atoms. The average Bonchev–Trinajstić information content (AvgIpc) is 2.83.